The van der Waals surface area contributed by atoms with Gasteiger partial charge in [0, 0.05) is 12.8 Å². The van der Waals surface area contributed by atoms with Crippen LogP contribution in [0.2, 0.25) is 0 Å². The summed E-state index contributed by atoms with van der Waals surface area (Å²) < 4.78 is 5.12. The van der Waals surface area contributed by atoms with Gasteiger partial charge in [0.1, 0.15) is 5.60 Å². The van der Waals surface area contributed by atoms with Gasteiger partial charge >= 0.3 is 6.09 Å². The highest BCUT2D eigenvalue weighted by Crippen LogP contribution is 2.11. The summed E-state index contributed by atoms with van der Waals surface area (Å²) in [6.45, 7) is 9.19. The fraction of sp³-hybridized carbons (Fsp3) is 0.786. The molecule has 19 heavy (non-hydrogen) atoms. The Hall–Kier alpha value is -1.39. The van der Waals surface area contributed by atoms with Crippen molar-refractivity contribution in [3.63, 3.8) is 0 Å². The van der Waals surface area contributed by atoms with Gasteiger partial charge in [0.15, 0.2) is 12.1 Å². The van der Waals surface area contributed by atoms with Gasteiger partial charge < -0.3 is 10.1 Å². The molecule has 0 aliphatic heterocycles. The number of ketones is 1. The zero-order valence-corrected chi connectivity index (χ0v) is 12.4. The van der Waals surface area contributed by atoms with Gasteiger partial charge in [0.2, 0.25) is 0 Å². The molecule has 0 bridgehead atoms. The number of ether oxygens (including phenoxy) is 1. The van der Waals surface area contributed by atoms with Crippen molar-refractivity contribution >= 4 is 18.2 Å². The molecule has 0 spiro atoms. The number of amides is 1. The second kappa shape index (κ2) is 7.92. The highest BCUT2D eigenvalue weighted by molar-refractivity contribution is 5.88. The Kier molecular flexibility index (Phi) is 7.34. The van der Waals surface area contributed by atoms with E-state index in [2.05, 4.69) is 5.32 Å². The fourth-order valence-corrected chi connectivity index (χ4v) is 1.54. The Balaban J connectivity index is 4.54. The molecule has 0 aromatic rings. The average molecular weight is 270 g/mol. The largest absolute Gasteiger partial charge is 0.444 e. The molecular weight excluding hydrogens is 246 g/mol. The maximum Gasteiger partial charge on any atom is 0.408 e. The molecule has 0 aliphatic carbocycles. The predicted molar refractivity (Wildman–Crippen MR) is 72.5 cm³/mol. The van der Waals surface area contributed by atoms with Crippen molar-refractivity contribution in [3.8, 4) is 0 Å². The van der Waals surface area contributed by atoms with E-state index in [0.717, 1.165) is 0 Å². The lowest BCUT2D eigenvalue weighted by Crippen LogP contribution is -2.44. The Labute approximate surface area is 115 Å². The maximum atomic E-state index is 11.9. The van der Waals surface area contributed by atoms with Crippen LogP contribution in [0.25, 0.3) is 0 Å². The first-order valence-corrected chi connectivity index (χ1v) is 6.53. The van der Waals surface area contributed by atoms with Crippen molar-refractivity contribution in [1.29, 1.82) is 0 Å². The van der Waals surface area contributed by atoms with E-state index in [0.29, 0.717) is 6.42 Å². The molecule has 109 valence electrons. The van der Waals surface area contributed by atoms with Gasteiger partial charge in [-0.1, -0.05) is 13.8 Å². The Morgan fingerprint density at radius 3 is 2.26 bits per heavy atom. The fourth-order valence-electron chi connectivity index (χ4n) is 1.54. The van der Waals surface area contributed by atoms with E-state index in [9.17, 15) is 14.4 Å². The molecule has 0 aliphatic rings. The van der Waals surface area contributed by atoms with Gasteiger partial charge in [-0.15, -0.1) is 0 Å². The summed E-state index contributed by atoms with van der Waals surface area (Å²) in [7, 11) is 0. The third-order valence-electron chi connectivity index (χ3n) is 2.26. The van der Waals surface area contributed by atoms with Gasteiger partial charge in [-0.05, 0) is 33.1 Å². The third-order valence-corrected chi connectivity index (χ3v) is 2.26. The number of rotatable bonds is 7. The van der Waals surface area contributed by atoms with E-state index in [1.807, 2.05) is 13.8 Å². The molecule has 1 N–H and O–H groups in total. The summed E-state index contributed by atoms with van der Waals surface area (Å²) in [6, 6.07) is -0.608. The molecule has 0 saturated heterocycles. The van der Waals surface area contributed by atoms with Gasteiger partial charge in [0.05, 0.1) is 6.04 Å². The molecule has 1 amide bonds. The number of alkyl carbamates (subject to hydrolysis) is 1. The Bertz CT molecular complexity index is 318. The van der Waals surface area contributed by atoms with Crippen LogP contribution in [-0.4, -0.2) is 29.8 Å². The number of hydrogen-bond acceptors (Lipinski definition) is 4. The molecule has 0 fully saturated rings. The van der Waals surface area contributed by atoms with Gasteiger partial charge in [0.25, 0.3) is 0 Å². The van der Waals surface area contributed by atoms with Crippen molar-refractivity contribution in [2.24, 2.45) is 5.92 Å². The Morgan fingerprint density at radius 2 is 1.84 bits per heavy atom. The van der Waals surface area contributed by atoms with Crippen LogP contribution in [0.15, 0.2) is 0 Å². The normalized spacial score (nSPS) is 12.9. The minimum absolute atomic E-state index is 0.0590. The summed E-state index contributed by atoms with van der Waals surface area (Å²) in [4.78, 5) is 33.7. The molecule has 5 nitrogen and oxygen atoms in total. The maximum absolute atomic E-state index is 11.9. The van der Waals surface area contributed by atoms with Crippen LogP contribution >= 0.6 is 0 Å². The lowest BCUT2D eigenvalue weighted by molar-refractivity contribution is -0.121. The molecule has 1 atom stereocenters. The van der Waals surface area contributed by atoms with Crippen molar-refractivity contribution < 1.29 is 19.1 Å². The summed E-state index contributed by atoms with van der Waals surface area (Å²) in [5.41, 5.74) is -0.605. The number of Topliss-reactive ketones (excluding diaryl/α,β-unsaturated/α-hetero) is 1. The molecule has 0 rings (SSSR count). The van der Waals surface area contributed by atoms with E-state index in [-0.39, 0.29) is 24.5 Å². The first-order chi connectivity index (χ1) is 8.65. The van der Waals surface area contributed by atoms with Crippen LogP contribution < -0.4 is 5.32 Å². The zero-order valence-electron chi connectivity index (χ0n) is 12.4. The van der Waals surface area contributed by atoms with Crippen LogP contribution in [0.3, 0.4) is 0 Å². The summed E-state index contributed by atoms with van der Waals surface area (Å²) in [6.07, 6.45) is 1.75. The SMILES string of the molecule is CC(C)CC(NC(=O)OC(C)(C)C)C(=O)CC[C]=O. The number of carbonyl (C=O) groups excluding carboxylic acids is 3. The lowest BCUT2D eigenvalue weighted by Gasteiger charge is -2.23. The minimum atomic E-state index is -0.610. The zero-order chi connectivity index (χ0) is 15.1. The lowest BCUT2D eigenvalue weighted by atomic mass is 9.98. The number of carbonyl (C=O) groups is 2. The number of hydrogen-bond donors (Lipinski definition) is 1. The first-order valence-electron chi connectivity index (χ1n) is 6.53. The predicted octanol–water partition coefficient (Wildman–Crippen LogP) is 2.38. The van der Waals surface area contributed by atoms with Crippen LogP contribution in [-0.2, 0) is 14.3 Å². The first kappa shape index (κ1) is 17.6. The van der Waals surface area contributed by atoms with E-state index in [1.54, 1.807) is 27.1 Å². The molecule has 0 aromatic heterocycles. The highest BCUT2D eigenvalue weighted by atomic mass is 16.6. The van der Waals surface area contributed by atoms with Crippen molar-refractivity contribution in [1.82, 2.24) is 5.32 Å². The van der Waals surface area contributed by atoms with Crippen LogP contribution in [0.5, 0.6) is 0 Å². The summed E-state index contributed by atoms with van der Waals surface area (Å²) in [5, 5.41) is 2.57. The average Bonchev–Trinajstić information content (AvgIpc) is 2.21. The smallest absolute Gasteiger partial charge is 0.408 e. The molecular formula is C14H24NO4. The van der Waals surface area contributed by atoms with E-state index >= 15 is 0 Å². The van der Waals surface area contributed by atoms with Gasteiger partial charge in [-0.3, -0.25) is 9.59 Å². The second-order valence-electron chi connectivity index (χ2n) is 5.94. The second-order valence-corrected chi connectivity index (χ2v) is 5.94. The summed E-state index contributed by atoms with van der Waals surface area (Å²) >= 11 is 0. The van der Waals surface area contributed by atoms with Crippen LogP contribution in [0.1, 0.15) is 53.9 Å². The molecule has 0 heterocycles. The summed E-state index contributed by atoms with van der Waals surface area (Å²) in [5.74, 6) is 0.0898. The molecule has 0 saturated carbocycles. The molecule has 0 aromatic carbocycles. The molecule has 5 heteroatoms. The minimum Gasteiger partial charge on any atom is -0.444 e. The van der Waals surface area contributed by atoms with Crippen molar-refractivity contribution in [3.05, 3.63) is 0 Å². The topological polar surface area (TPSA) is 72.5 Å². The van der Waals surface area contributed by atoms with Crippen molar-refractivity contribution in [2.45, 2.75) is 65.5 Å². The highest BCUT2D eigenvalue weighted by Gasteiger charge is 2.24. The standard InChI is InChI=1S/C14H24NO4/c1-10(2)9-11(12(17)7-6-8-16)15-13(18)19-14(3,4)5/h10-11H,6-7,9H2,1-5H3,(H,15,18). The van der Waals surface area contributed by atoms with Crippen LogP contribution in [0.4, 0.5) is 4.79 Å². The molecule has 1 unspecified atom stereocenters. The van der Waals surface area contributed by atoms with Gasteiger partial charge in [-0.25, -0.2) is 4.79 Å². The van der Waals surface area contributed by atoms with Gasteiger partial charge in [-0.2, -0.15) is 0 Å². The van der Waals surface area contributed by atoms with Crippen LogP contribution in [0, 0.1) is 5.92 Å². The number of nitrogens with one attached hydrogen (secondary N) is 1. The van der Waals surface area contributed by atoms with Crippen molar-refractivity contribution in [2.75, 3.05) is 0 Å². The Morgan fingerprint density at radius 1 is 1.26 bits per heavy atom. The van der Waals surface area contributed by atoms with E-state index in [1.165, 1.54) is 0 Å². The quantitative estimate of drug-likeness (QED) is 0.771. The van der Waals surface area contributed by atoms with E-state index < -0.39 is 17.7 Å². The van der Waals surface area contributed by atoms with E-state index in [4.69, 9.17) is 4.74 Å². The molecule has 1 radical (unpaired) electrons. The third kappa shape index (κ3) is 9.22. The monoisotopic (exact) mass is 270 g/mol.